The lowest BCUT2D eigenvalue weighted by molar-refractivity contribution is -0.385. The minimum Gasteiger partial charge on any atom is -0.396 e. The third kappa shape index (κ3) is 3.45. The Morgan fingerprint density at radius 3 is 2.80 bits per heavy atom. The summed E-state index contributed by atoms with van der Waals surface area (Å²) in [5.74, 6) is 1.28. The van der Waals surface area contributed by atoms with Gasteiger partial charge in [-0.15, -0.1) is 0 Å². The first-order valence-corrected chi connectivity index (χ1v) is 7.07. The predicted octanol–water partition coefficient (Wildman–Crippen LogP) is 2.51. The molecule has 2 rings (SSSR count). The fraction of sp³-hybridized carbons (Fsp3) is 0.643. The van der Waals surface area contributed by atoms with Gasteiger partial charge < -0.3 is 10.4 Å². The molecule has 0 saturated heterocycles. The van der Waals surface area contributed by atoms with Crippen LogP contribution in [0.5, 0.6) is 0 Å². The molecule has 6 nitrogen and oxygen atoms in total. The lowest BCUT2D eigenvalue weighted by Crippen LogP contribution is -2.28. The number of aromatic nitrogens is 1. The fourth-order valence-electron chi connectivity index (χ4n) is 2.84. The molecule has 0 aromatic carbocycles. The van der Waals surface area contributed by atoms with Crippen molar-refractivity contribution < 1.29 is 10.0 Å². The molecule has 1 aliphatic rings. The van der Waals surface area contributed by atoms with E-state index in [-0.39, 0.29) is 17.2 Å². The Labute approximate surface area is 118 Å². The van der Waals surface area contributed by atoms with Gasteiger partial charge in [-0.3, -0.25) is 10.1 Å². The summed E-state index contributed by atoms with van der Waals surface area (Å²) in [6.07, 6.45) is 6.03. The van der Waals surface area contributed by atoms with Crippen LogP contribution in [0.4, 0.5) is 11.5 Å². The molecule has 2 unspecified atom stereocenters. The summed E-state index contributed by atoms with van der Waals surface area (Å²) in [4.78, 5) is 14.7. The average Bonchev–Trinajstić information content (AvgIpc) is 2.46. The largest absolute Gasteiger partial charge is 0.396 e. The standard InChI is InChI=1S/C14H21N3O3/c1-10-7-15-14(6-13(10)17(19)20)16-8-11-4-2-3-5-12(11)9-18/h6-7,11-12,18H,2-5,8-9H2,1H3,(H,15,16). The molecule has 1 aliphatic carbocycles. The van der Waals surface area contributed by atoms with Crippen molar-refractivity contribution in [2.75, 3.05) is 18.5 Å². The SMILES string of the molecule is Cc1cnc(NCC2CCCCC2CO)cc1[N+](=O)[O-]. The van der Waals surface area contributed by atoms with Crippen LogP contribution < -0.4 is 5.32 Å². The second kappa shape index (κ2) is 6.65. The van der Waals surface area contributed by atoms with E-state index in [4.69, 9.17) is 0 Å². The van der Waals surface area contributed by atoms with Crippen LogP contribution >= 0.6 is 0 Å². The van der Waals surface area contributed by atoms with E-state index in [1.807, 2.05) is 0 Å². The molecule has 1 saturated carbocycles. The van der Waals surface area contributed by atoms with Gasteiger partial charge in [-0.2, -0.15) is 0 Å². The van der Waals surface area contributed by atoms with E-state index in [0.29, 0.717) is 29.8 Å². The van der Waals surface area contributed by atoms with Gasteiger partial charge in [0.15, 0.2) is 0 Å². The Morgan fingerprint density at radius 2 is 2.15 bits per heavy atom. The molecule has 0 spiro atoms. The van der Waals surface area contributed by atoms with Gasteiger partial charge in [0.25, 0.3) is 5.69 Å². The van der Waals surface area contributed by atoms with Crippen LogP contribution in [0.3, 0.4) is 0 Å². The predicted molar refractivity (Wildman–Crippen MR) is 76.7 cm³/mol. The molecule has 0 amide bonds. The molecule has 2 N–H and O–H groups in total. The Bertz CT molecular complexity index is 479. The normalized spacial score (nSPS) is 22.5. The van der Waals surface area contributed by atoms with Gasteiger partial charge in [0.1, 0.15) is 5.82 Å². The number of nitrogens with one attached hydrogen (secondary N) is 1. The molecule has 2 atom stereocenters. The van der Waals surface area contributed by atoms with Gasteiger partial charge in [0.2, 0.25) is 0 Å². The highest BCUT2D eigenvalue weighted by Crippen LogP contribution is 2.30. The van der Waals surface area contributed by atoms with E-state index in [0.717, 1.165) is 12.8 Å². The maximum absolute atomic E-state index is 10.9. The molecule has 0 aliphatic heterocycles. The van der Waals surface area contributed by atoms with Gasteiger partial charge >= 0.3 is 0 Å². The third-order valence-electron chi connectivity index (χ3n) is 4.12. The summed E-state index contributed by atoms with van der Waals surface area (Å²) in [6, 6.07) is 1.48. The average molecular weight is 279 g/mol. The highest BCUT2D eigenvalue weighted by molar-refractivity contribution is 5.48. The summed E-state index contributed by atoms with van der Waals surface area (Å²) >= 11 is 0. The Kier molecular flexibility index (Phi) is 4.89. The van der Waals surface area contributed by atoms with Crippen molar-refractivity contribution in [2.45, 2.75) is 32.6 Å². The van der Waals surface area contributed by atoms with Crippen molar-refractivity contribution in [3.05, 3.63) is 27.9 Å². The summed E-state index contributed by atoms with van der Waals surface area (Å²) in [5.41, 5.74) is 0.649. The number of anilines is 1. The summed E-state index contributed by atoms with van der Waals surface area (Å²) in [5, 5.41) is 23.4. The number of pyridine rings is 1. The molecule has 1 fully saturated rings. The zero-order valence-corrected chi connectivity index (χ0v) is 11.7. The van der Waals surface area contributed by atoms with Gasteiger partial charge in [-0.25, -0.2) is 4.98 Å². The molecule has 110 valence electrons. The van der Waals surface area contributed by atoms with Crippen LogP contribution in [-0.4, -0.2) is 28.2 Å². The number of nitrogens with zero attached hydrogens (tertiary/aromatic N) is 2. The first-order chi connectivity index (χ1) is 9.61. The van der Waals surface area contributed by atoms with Crippen LogP contribution in [0, 0.1) is 28.9 Å². The van der Waals surface area contributed by atoms with Gasteiger partial charge in [-0.05, 0) is 31.6 Å². The van der Waals surface area contributed by atoms with Gasteiger partial charge in [-0.1, -0.05) is 12.8 Å². The highest BCUT2D eigenvalue weighted by Gasteiger charge is 2.24. The van der Waals surface area contributed by atoms with E-state index in [9.17, 15) is 15.2 Å². The first kappa shape index (κ1) is 14.7. The lowest BCUT2D eigenvalue weighted by Gasteiger charge is -2.30. The Hall–Kier alpha value is -1.69. The molecule has 1 heterocycles. The van der Waals surface area contributed by atoms with Crippen molar-refractivity contribution in [3.63, 3.8) is 0 Å². The number of hydrogen-bond acceptors (Lipinski definition) is 5. The minimum atomic E-state index is -0.390. The Balaban J connectivity index is 1.99. The summed E-state index contributed by atoms with van der Waals surface area (Å²) < 4.78 is 0. The third-order valence-corrected chi connectivity index (χ3v) is 4.12. The number of aliphatic hydroxyl groups is 1. The molecule has 1 aromatic rings. The maximum Gasteiger partial charge on any atom is 0.277 e. The van der Waals surface area contributed by atoms with Crippen molar-refractivity contribution >= 4 is 11.5 Å². The van der Waals surface area contributed by atoms with Crippen LogP contribution in [-0.2, 0) is 0 Å². The number of hydrogen-bond donors (Lipinski definition) is 2. The van der Waals surface area contributed by atoms with Crippen molar-refractivity contribution in [3.8, 4) is 0 Å². The summed E-state index contributed by atoms with van der Waals surface area (Å²) in [6.45, 7) is 2.60. The zero-order valence-electron chi connectivity index (χ0n) is 11.7. The highest BCUT2D eigenvalue weighted by atomic mass is 16.6. The van der Waals surface area contributed by atoms with Gasteiger partial charge in [0.05, 0.1) is 11.0 Å². The van der Waals surface area contributed by atoms with Crippen LogP contribution in [0.1, 0.15) is 31.2 Å². The minimum absolute atomic E-state index is 0.0878. The second-order valence-electron chi connectivity index (χ2n) is 5.48. The molecular weight excluding hydrogens is 258 g/mol. The monoisotopic (exact) mass is 279 g/mol. The molecule has 20 heavy (non-hydrogen) atoms. The van der Waals surface area contributed by atoms with E-state index in [1.54, 1.807) is 6.92 Å². The molecule has 1 aromatic heterocycles. The lowest BCUT2D eigenvalue weighted by atomic mass is 9.79. The smallest absolute Gasteiger partial charge is 0.277 e. The van der Waals surface area contributed by atoms with Crippen LogP contribution in [0.25, 0.3) is 0 Å². The fourth-order valence-corrected chi connectivity index (χ4v) is 2.84. The molecule has 6 heteroatoms. The topological polar surface area (TPSA) is 88.3 Å². The van der Waals surface area contributed by atoms with Crippen LogP contribution in [0.15, 0.2) is 12.3 Å². The maximum atomic E-state index is 10.9. The first-order valence-electron chi connectivity index (χ1n) is 7.07. The van der Waals surface area contributed by atoms with E-state index in [1.165, 1.54) is 25.1 Å². The number of rotatable bonds is 5. The van der Waals surface area contributed by atoms with Crippen molar-refractivity contribution in [2.24, 2.45) is 11.8 Å². The summed E-state index contributed by atoms with van der Waals surface area (Å²) in [7, 11) is 0. The van der Waals surface area contributed by atoms with Gasteiger partial charge in [0, 0.05) is 24.9 Å². The van der Waals surface area contributed by atoms with Crippen molar-refractivity contribution in [1.82, 2.24) is 4.98 Å². The van der Waals surface area contributed by atoms with Crippen LogP contribution in [0.2, 0.25) is 0 Å². The number of aliphatic hydroxyl groups excluding tert-OH is 1. The van der Waals surface area contributed by atoms with E-state index < -0.39 is 0 Å². The molecule has 0 bridgehead atoms. The van der Waals surface area contributed by atoms with E-state index >= 15 is 0 Å². The Morgan fingerprint density at radius 1 is 1.45 bits per heavy atom. The molecular formula is C14H21N3O3. The molecule has 0 radical (unpaired) electrons. The number of nitro groups is 1. The zero-order chi connectivity index (χ0) is 14.5. The number of aryl methyl sites for hydroxylation is 1. The quantitative estimate of drug-likeness (QED) is 0.638. The second-order valence-corrected chi connectivity index (χ2v) is 5.48. The van der Waals surface area contributed by atoms with Crippen molar-refractivity contribution in [1.29, 1.82) is 0 Å². The van der Waals surface area contributed by atoms with E-state index in [2.05, 4.69) is 10.3 Å².